The second-order valence-corrected chi connectivity index (χ2v) is 5.47. The van der Waals surface area contributed by atoms with Crippen LogP contribution in [-0.2, 0) is 4.79 Å². The molecule has 0 unspecified atom stereocenters. The molecule has 0 saturated carbocycles. The van der Waals surface area contributed by atoms with Crippen LogP contribution in [-0.4, -0.2) is 17.6 Å². The quantitative estimate of drug-likeness (QED) is 0.881. The number of carbonyl (C=O) groups excluding carboxylic acids is 1. The average molecular weight is 338 g/mol. The van der Waals surface area contributed by atoms with Crippen LogP contribution in [0.25, 0.3) is 0 Å². The van der Waals surface area contributed by atoms with Gasteiger partial charge in [0.15, 0.2) is 0 Å². The van der Waals surface area contributed by atoms with Crippen LogP contribution in [0.2, 0.25) is 0 Å². The second-order valence-electron chi connectivity index (χ2n) is 4.55. The predicted molar refractivity (Wildman–Crippen MR) is 79.2 cm³/mol. The monoisotopic (exact) mass is 337 g/mol. The van der Waals surface area contributed by atoms with E-state index in [1.165, 1.54) is 6.26 Å². The van der Waals surface area contributed by atoms with Crippen LogP contribution < -0.4 is 5.32 Å². The van der Waals surface area contributed by atoms with Gasteiger partial charge in [-0.2, -0.15) is 0 Å². The van der Waals surface area contributed by atoms with Crippen molar-refractivity contribution < 1.29 is 14.3 Å². The van der Waals surface area contributed by atoms with Gasteiger partial charge in [-0.05, 0) is 36.8 Å². The van der Waals surface area contributed by atoms with Gasteiger partial charge in [0.2, 0.25) is 5.91 Å². The molecular weight excluding hydrogens is 322 g/mol. The maximum Gasteiger partial charge on any atom is 0.227 e. The minimum atomic E-state index is -0.828. The van der Waals surface area contributed by atoms with Gasteiger partial charge in [-0.1, -0.05) is 28.1 Å². The molecule has 5 heteroatoms. The summed E-state index contributed by atoms with van der Waals surface area (Å²) in [5, 5.41) is 12.6. The smallest absolute Gasteiger partial charge is 0.227 e. The van der Waals surface area contributed by atoms with Crippen molar-refractivity contribution >= 4 is 21.8 Å². The van der Waals surface area contributed by atoms with E-state index in [1.54, 1.807) is 12.1 Å². The molecular formula is C15H16BrNO3. The van der Waals surface area contributed by atoms with E-state index in [9.17, 15) is 9.90 Å². The number of aliphatic hydroxyl groups excluding tert-OH is 1. The summed E-state index contributed by atoms with van der Waals surface area (Å²) in [7, 11) is 0. The first-order valence-electron chi connectivity index (χ1n) is 6.32. The van der Waals surface area contributed by atoms with E-state index in [1.807, 2.05) is 31.2 Å². The Bertz CT molecular complexity index is 551. The maximum atomic E-state index is 12.0. The Morgan fingerprint density at radius 2 is 2.05 bits per heavy atom. The molecule has 0 bridgehead atoms. The summed E-state index contributed by atoms with van der Waals surface area (Å²) < 4.78 is 6.05. The third-order valence-corrected chi connectivity index (χ3v) is 3.63. The van der Waals surface area contributed by atoms with Gasteiger partial charge in [-0.25, -0.2) is 0 Å². The van der Waals surface area contributed by atoms with Gasteiger partial charge in [0.1, 0.15) is 11.9 Å². The lowest BCUT2D eigenvalue weighted by atomic mass is 10.0. The van der Waals surface area contributed by atoms with Crippen molar-refractivity contribution in [3.63, 3.8) is 0 Å². The van der Waals surface area contributed by atoms with Gasteiger partial charge in [0.25, 0.3) is 0 Å². The van der Waals surface area contributed by atoms with E-state index in [2.05, 4.69) is 21.2 Å². The third-order valence-electron chi connectivity index (χ3n) is 3.10. The van der Waals surface area contributed by atoms with Crippen molar-refractivity contribution in [2.24, 2.45) is 0 Å². The summed E-state index contributed by atoms with van der Waals surface area (Å²) >= 11 is 3.36. The molecule has 1 heterocycles. The average Bonchev–Trinajstić information content (AvgIpc) is 2.98. The molecule has 4 nitrogen and oxygen atoms in total. The van der Waals surface area contributed by atoms with Crippen LogP contribution in [0, 0.1) is 0 Å². The molecule has 0 saturated heterocycles. The van der Waals surface area contributed by atoms with Gasteiger partial charge in [0.05, 0.1) is 18.7 Å². The van der Waals surface area contributed by atoms with E-state index < -0.39 is 6.10 Å². The van der Waals surface area contributed by atoms with Crippen molar-refractivity contribution in [1.29, 1.82) is 0 Å². The van der Waals surface area contributed by atoms with Crippen LogP contribution >= 0.6 is 15.9 Å². The minimum absolute atomic E-state index is 0.127. The molecule has 2 atom stereocenters. The van der Waals surface area contributed by atoms with Crippen molar-refractivity contribution in [2.45, 2.75) is 18.9 Å². The topological polar surface area (TPSA) is 62.5 Å². The summed E-state index contributed by atoms with van der Waals surface area (Å²) in [5.74, 6) is 0.0476. The van der Waals surface area contributed by atoms with Crippen molar-refractivity contribution in [3.8, 4) is 0 Å². The van der Waals surface area contributed by atoms with E-state index in [-0.39, 0.29) is 18.4 Å². The number of carbonyl (C=O) groups is 1. The fourth-order valence-electron chi connectivity index (χ4n) is 1.83. The summed E-state index contributed by atoms with van der Waals surface area (Å²) in [4.78, 5) is 12.0. The number of benzene rings is 1. The molecule has 0 aliphatic carbocycles. The van der Waals surface area contributed by atoms with Crippen LogP contribution in [0.5, 0.6) is 0 Å². The van der Waals surface area contributed by atoms with Gasteiger partial charge in [-0.15, -0.1) is 0 Å². The first-order chi connectivity index (χ1) is 9.58. The Labute approximate surface area is 125 Å². The number of halogens is 1. The SMILES string of the molecule is C[C@@H](C(=O)NC[C@H](O)c1ccco1)c1ccc(Br)cc1. The predicted octanol–water partition coefficient (Wildman–Crippen LogP) is 3.00. The Morgan fingerprint density at radius 3 is 2.65 bits per heavy atom. The summed E-state index contributed by atoms with van der Waals surface area (Å²) in [6.07, 6.45) is 0.663. The molecule has 0 aliphatic heterocycles. The number of nitrogens with one attached hydrogen (secondary N) is 1. The molecule has 0 radical (unpaired) electrons. The van der Waals surface area contributed by atoms with E-state index >= 15 is 0 Å². The molecule has 20 heavy (non-hydrogen) atoms. The molecule has 1 aromatic carbocycles. The molecule has 0 aliphatic rings. The number of furan rings is 1. The highest BCUT2D eigenvalue weighted by atomic mass is 79.9. The van der Waals surface area contributed by atoms with Gasteiger partial charge >= 0.3 is 0 Å². The zero-order valence-corrected chi connectivity index (χ0v) is 12.6. The fraction of sp³-hybridized carbons (Fsp3) is 0.267. The second kappa shape index (κ2) is 6.72. The highest BCUT2D eigenvalue weighted by Crippen LogP contribution is 2.19. The molecule has 2 N–H and O–H groups in total. The minimum Gasteiger partial charge on any atom is -0.467 e. The van der Waals surface area contributed by atoms with Crippen molar-refractivity contribution in [2.75, 3.05) is 6.54 Å². The van der Waals surface area contributed by atoms with Gasteiger partial charge in [-0.3, -0.25) is 4.79 Å². The zero-order valence-electron chi connectivity index (χ0n) is 11.0. The Hall–Kier alpha value is -1.59. The molecule has 2 aromatic rings. The highest BCUT2D eigenvalue weighted by molar-refractivity contribution is 9.10. The molecule has 0 fully saturated rings. The Kier molecular flexibility index (Phi) is 4.98. The first kappa shape index (κ1) is 14.8. The zero-order chi connectivity index (χ0) is 14.5. The van der Waals surface area contributed by atoms with Gasteiger partial charge in [0, 0.05) is 4.47 Å². The van der Waals surface area contributed by atoms with Crippen molar-refractivity contribution in [3.05, 3.63) is 58.5 Å². The number of hydrogen-bond acceptors (Lipinski definition) is 3. The van der Waals surface area contributed by atoms with Crippen molar-refractivity contribution in [1.82, 2.24) is 5.32 Å². The van der Waals surface area contributed by atoms with E-state index in [0.717, 1.165) is 10.0 Å². The number of hydrogen-bond donors (Lipinski definition) is 2. The molecule has 0 spiro atoms. The Morgan fingerprint density at radius 1 is 1.35 bits per heavy atom. The normalized spacial score (nSPS) is 13.8. The lowest BCUT2D eigenvalue weighted by Crippen LogP contribution is -2.31. The van der Waals surface area contributed by atoms with E-state index in [0.29, 0.717) is 5.76 Å². The number of amides is 1. The van der Waals surface area contributed by atoms with Crippen LogP contribution in [0.4, 0.5) is 0 Å². The standard InChI is InChI=1S/C15H16BrNO3/c1-10(11-4-6-12(16)7-5-11)15(19)17-9-13(18)14-3-2-8-20-14/h2-8,10,13,18H,9H2,1H3,(H,17,19)/t10-,13+/m1/s1. The summed E-state index contributed by atoms with van der Waals surface area (Å²) in [6, 6.07) is 11.0. The fourth-order valence-corrected chi connectivity index (χ4v) is 2.10. The first-order valence-corrected chi connectivity index (χ1v) is 7.12. The van der Waals surface area contributed by atoms with Crippen LogP contribution in [0.1, 0.15) is 30.3 Å². The molecule has 1 amide bonds. The molecule has 1 aromatic heterocycles. The third kappa shape index (κ3) is 3.71. The highest BCUT2D eigenvalue weighted by Gasteiger charge is 2.17. The number of aliphatic hydroxyl groups is 1. The van der Waals surface area contributed by atoms with Gasteiger partial charge < -0.3 is 14.8 Å². The maximum absolute atomic E-state index is 12.0. The molecule has 2 rings (SSSR count). The lowest BCUT2D eigenvalue weighted by molar-refractivity contribution is -0.122. The Balaban J connectivity index is 1.90. The largest absolute Gasteiger partial charge is 0.467 e. The summed E-state index contributed by atoms with van der Waals surface area (Å²) in [6.45, 7) is 1.96. The van der Waals surface area contributed by atoms with Crippen LogP contribution in [0.3, 0.4) is 0 Å². The number of rotatable bonds is 5. The molecule has 106 valence electrons. The lowest BCUT2D eigenvalue weighted by Gasteiger charge is -2.14. The van der Waals surface area contributed by atoms with Crippen LogP contribution in [0.15, 0.2) is 51.6 Å². The summed E-state index contributed by atoms with van der Waals surface area (Å²) in [5.41, 5.74) is 0.929. The van der Waals surface area contributed by atoms with E-state index in [4.69, 9.17) is 4.42 Å².